The lowest BCUT2D eigenvalue weighted by Crippen LogP contribution is -2.35. The summed E-state index contributed by atoms with van der Waals surface area (Å²) in [6, 6.07) is 9.45. The van der Waals surface area contributed by atoms with E-state index in [4.69, 9.17) is 21.1 Å². The average Bonchev–Trinajstić information content (AvgIpc) is 3.07. The largest absolute Gasteiger partial charge is 0.496 e. The second-order valence-corrected chi connectivity index (χ2v) is 7.48. The number of nitrogens with zero attached hydrogens (tertiary/aromatic N) is 1. The van der Waals surface area contributed by atoms with E-state index in [9.17, 15) is 4.79 Å². The molecule has 2 aromatic rings. The van der Waals surface area contributed by atoms with E-state index in [0.717, 1.165) is 49.7 Å². The van der Waals surface area contributed by atoms with Gasteiger partial charge in [0.05, 0.1) is 29.5 Å². The second kappa shape index (κ2) is 8.63. The van der Waals surface area contributed by atoms with Crippen LogP contribution in [0.5, 0.6) is 5.75 Å². The van der Waals surface area contributed by atoms with Crippen molar-refractivity contribution in [3.63, 3.8) is 0 Å². The van der Waals surface area contributed by atoms with Crippen molar-refractivity contribution in [3.8, 4) is 5.75 Å². The van der Waals surface area contributed by atoms with Gasteiger partial charge in [0.2, 0.25) is 0 Å². The van der Waals surface area contributed by atoms with Crippen LogP contribution in [-0.4, -0.2) is 44.1 Å². The third kappa shape index (κ3) is 4.92. The lowest BCUT2D eigenvalue weighted by atomic mass is 10.1. The van der Waals surface area contributed by atoms with E-state index >= 15 is 0 Å². The van der Waals surface area contributed by atoms with Crippen LogP contribution in [0.15, 0.2) is 36.4 Å². The van der Waals surface area contributed by atoms with Crippen LogP contribution in [0.3, 0.4) is 0 Å². The van der Waals surface area contributed by atoms with Crippen LogP contribution in [0, 0.1) is 0 Å². The Labute approximate surface area is 156 Å². The molecule has 6 heteroatoms. The van der Waals surface area contributed by atoms with Gasteiger partial charge in [-0.1, -0.05) is 23.7 Å². The van der Waals surface area contributed by atoms with Gasteiger partial charge in [0.25, 0.3) is 0 Å². The zero-order chi connectivity index (χ0) is 17.6. The highest BCUT2D eigenvalue weighted by Crippen LogP contribution is 2.24. The molecule has 1 saturated heterocycles. The molecule has 3 rings (SSSR count). The normalized spacial score (nSPS) is 15.6. The summed E-state index contributed by atoms with van der Waals surface area (Å²) in [6.07, 6.45) is 3.42. The highest BCUT2D eigenvalue weighted by molar-refractivity contribution is 7.18. The number of benzene rings is 1. The fourth-order valence-electron chi connectivity index (χ4n) is 2.73. The van der Waals surface area contributed by atoms with Crippen molar-refractivity contribution in [1.29, 1.82) is 0 Å². The zero-order valence-corrected chi connectivity index (χ0v) is 15.6. The quantitative estimate of drug-likeness (QED) is 0.560. The third-order valence-corrected chi connectivity index (χ3v) is 5.29. The fraction of sp³-hybridized carbons (Fsp3) is 0.316. The van der Waals surface area contributed by atoms with Gasteiger partial charge in [0, 0.05) is 25.2 Å². The molecule has 0 radical (unpaired) electrons. The number of morpholine rings is 1. The van der Waals surface area contributed by atoms with Crippen LogP contribution >= 0.6 is 22.9 Å². The van der Waals surface area contributed by atoms with Gasteiger partial charge in [-0.15, -0.1) is 11.3 Å². The molecule has 0 amide bonds. The van der Waals surface area contributed by atoms with Crippen LogP contribution < -0.4 is 4.74 Å². The Balaban J connectivity index is 1.74. The van der Waals surface area contributed by atoms with Crippen LogP contribution in [-0.2, 0) is 11.3 Å². The van der Waals surface area contributed by atoms with Gasteiger partial charge in [-0.25, -0.2) is 0 Å². The summed E-state index contributed by atoms with van der Waals surface area (Å²) in [5.41, 5.74) is 2.08. The van der Waals surface area contributed by atoms with E-state index in [1.165, 1.54) is 11.3 Å². The molecule has 1 aromatic carbocycles. The SMILES string of the molecule is COc1ccc(/C=C/C(=O)c2ccc(Cl)s2)cc1CN1CCOCC1. The first kappa shape index (κ1) is 18.1. The molecule has 1 aliphatic heterocycles. The summed E-state index contributed by atoms with van der Waals surface area (Å²) in [5.74, 6) is 0.822. The molecule has 0 spiro atoms. The Morgan fingerprint density at radius 3 is 2.80 bits per heavy atom. The average molecular weight is 378 g/mol. The minimum absolute atomic E-state index is 0.0394. The summed E-state index contributed by atoms with van der Waals surface area (Å²) >= 11 is 7.17. The van der Waals surface area contributed by atoms with E-state index in [2.05, 4.69) is 11.0 Å². The number of ketones is 1. The first-order chi connectivity index (χ1) is 12.2. The summed E-state index contributed by atoms with van der Waals surface area (Å²) in [6.45, 7) is 4.17. The Morgan fingerprint density at radius 2 is 2.12 bits per heavy atom. The number of halogens is 1. The van der Waals surface area contributed by atoms with Crippen molar-refractivity contribution >= 4 is 34.8 Å². The van der Waals surface area contributed by atoms with Crippen LogP contribution in [0.4, 0.5) is 0 Å². The number of allylic oxidation sites excluding steroid dienone is 1. The highest BCUT2D eigenvalue weighted by Gasteiger charge is 2.13. The Bertz CT molecular complexity index is 766. The summed E-state index contributed by atoms with van der Waals surface area (Å²) in [5, 5.41) is 0. The Morgan fingerprint density at radius 1 is 1.32 bits per heavy atom. The number of hydrogen-bond donors (Lipinski definition) is 0. The number of rotatable bonds is 6. The fourth-order valence-corrected chi connectivity index (χ4v) is 3.69. The number of ether oxygens (including phenoxy) is 2. The Hall–Kier alpha value is -1.66. The molecule has 1 aliphatic rings. The van der Waals surface area contributed by atoms with E-state index in [1.54, 1.807) is 25.3 Å². The van der Waals surface area contributed by atoms with Crippen molar-refractivity contribution in [3.05, 3.63) is 56.7 Å². The van der Waals surface area contributed by atoms with E-state index in [0.29, 0.717) is 9.21 Å². The molecule has 0 atom stereocenters. The molecule has 0 unspecified atom stereocenters. The van der Waals surface area contributed by atoms with Gasteiger partial charge < -0.3 is 9.47 Å². The maximum atomic E-state index is 12.2. The number of thiophene rings is 1. The standard InChI is InChI=1S/C19H20ClNO3S/c1-23-17-5-3-14(2-4-16(22)18-6-7-19(20)25-18)12-15(17)13-21-8-10-24-11-9-21/h2-7,12H,8-11,13H2,1H3/b4-2+. The maximum Gasteiger partial charge on any atom is 0.195 e. The van der Waals surface area contributed by atoms with Gasteiger partial charge >= 0.3 is 0 Å². The predicted octanol–water partition coefficient (Wildman–Crippen LogP) is 4.14. The minimum Gasteiger partial charge on any atom is -0.496 e. The first-order valence-electron chi connectivity index (χ1n) is 8.10. The molecule has 132 valence electrons. The molecular weight excluding hydrogens is 358 g/mol. The van der Waals surface area contributed by atoms with E-state index in [1.807, 2.05) is 18.2 Å². The van der Waals surface area contributed by atoms with Crippen molar-refractivity contribution in [2.24, 2.45) is 0 Å². The van der Waals surface area contributed by atoms with Crippen molar-refractivity contribution in [2.75, 3.05) is 33.4 Å². The number of hydrogen-bond acceptors (Lipinski definition) is 5. The van der Waals surface area contributed by atoms with Gasteiger partial charge in [0.1, 0.15) is 5.75 Å². The van der Waals surface area contributed by atoms with Crippen LogP contribution in [0.1, 0.15) is 20.8 Å². The highest BCUT2D eigenvalue weighted by atomic mass is 35.5. The topological polar surface area (TPSA) is 38.8 Å². The first-order valence-corrected chi connectivity index (χ1v) is 9.30. The molecule has 1 fully saturated rings. The maximum absolute atomic E-state index is 12.2. The van der Waals surface area contributed by atoms with E-state index in [-0.39, 0.29) is 5.78 Å². The Kier molecular flexibility index (Phi) is 6.26. The zero-order valence-electron chi connectivity index (χ0n) is 14.0. The van der Waals surface area contributed by atoms with E-state index < -0.39 is 0 Å². The molecule has 25 heavy (non-hydrogen) atoms. The lowest BCUT2D eigenvalue weighted by Gasteiger charge is -2.27. The molecule has 1 aromatic heterocycles. The molecule has 0 saturated carbocycles. The third-order valence-electron chi connectivity index (χ3n) is 4.05. The molecule has 2 heterocycles. The van der Waals surface area contributed by atoms with Crippen LogP contribution in [0.2, 0.25) is 4.34 Å². The monoisotopic (exact) mass is 377 g/mol. The smallest absolute Gasteiger partial charge is 0.195 e. The molecular formula is C19H20ClNO3S. The molecule has 4 nitrogen and oxygen atoms in total. The number of carbonyl (C=O) groups is 1. The molecule has 0 bridgehead atoms. The van der Waals surface area contributed by atoms with Gasteiger partial charge in [-0.05, 0) is 35.9 Å². The number of carbonyl (C=O) groups excluding carboxylic acids is 1. The summed E-state index contributed by atoms with van der Waals surface area (Å²) in [7, 11) is 1.68. The van der Waals surface area contributed by atoms with Crippen molar-refractivity contribution in [1.82, 2.24) is 4.90 Å². The van der Waals surface area contributed by atoms with Gasteiger partial charge in [0.15, 0.2) is 5.78 Å². The van der Waals surface area contributed by atoms with Crippen LogP contribution in [0.25, 0.3) is 6.08 Å². The summed E-state index contributed by atoms with van der Waals surface area (Å²) < 4.78 is 11.5. The number of methoxy groups -OCH3 is 1. The van der Waals surface area contributed by atoms with Crippen molar-refractivity contribution in [2.45, 2.75) is 6.54 Å². The molecule has 0 aliphatic carbocycles. The lowest BCUT2D eigenvalue weighted by molar-refractivity contribution is 0.0339. The second-order valence-electron chi connectivity index (χ2n) is 5.76. The van der Waals surface area contributed by atoms with Crippen molar-refractivity contribution < 1.29 is 14.3 Å². The predicted molar refractivity (Wildman–Crippen MR) is 102 cm³/mol. The summed E-state index contributed by atoms with van der Waals surface area (Å²) in [4.78, 5) is 15.2. The van der Waals surface area contributed by atoms with Gasteiger partial charge in [-0.2, -0.15) is 0 Å². The van der Waals surface area contributed by atoms with Gasteiger partial charge in [-0.3, -0.25) is 9.69 Å². The molecule has 0 N–H and O–H groups in total. The minimum atomic E-state index is -0.0394.